The Kier molecular flexibility index (Phi) is 4.67. The van der Waals surface area contributed by atoms with Crippen LogP contribution in [-0.4, -0.2) is 30.1 Å². The second-order valence-corrected chi connectivity index (χ2v) is 5.77. The fraction of sp³-hybridized carbons (Fsp3) is 0.222. The third kappa shape index (κ3) is 3.77. The molecular formula is C18H17FN2O4. The van der Waals surface area contributed by atoms with Crippen molar-refractivity contribution in [3.8, 4) is 5.75 Å². The van der Waals surface area contributed by atoms with Crippen LogP contribution in [0.25, 0.3) is 0 Å². The van der Waals surface area contributed by atoms with E-state index >= 15 is 0 Å². The van der Waals surface area contributed by atoms with Gasteiger partial charge in [0.25, 0.3) is 0 Å². The van der Waals surface area contributed by atoms with Crippen LogP contribution in [-0.2, 0) is 15.2 Å². The summed E-state index contributed by atoms with van der Waals surface area (Å²) in [5.74, 6) is -1.82. The highest BCUT2D eigenvalue weighted by Crippen LogP contribution is 2.36. The highest BCUT2D eigenvalue weighted by atomic mass is 19.1. The van der Waals surface area contributed by atoms with Crippen molar-refractivity contribution in [2.24, 2.45) is 0 Å². The molecule has 1 aliphatic heterocycles. The van der Waals surface area contributed by atoms with E-state index < -0.39 is 23.2 Å². The Labute approximate surface area is 143 Å². The lowest BCUT2D eigenvalue weighted by molar-refractivity contribution is -0.137. The molecule has 130 valence electrons. The number of carbonyl (C=O) groups is 2. The summed E-state index contributed by atoms with van der Waals surface area (Å²) in [6, 6.07) is 12.2. The van der Waals surface area contributed by atoms with Gasteiger partial charge in [-0.3, -0.25) is 9.59 Å². The van der Waals surface area contributed by atoms with Crippen LogP contribution in [0.4, 0.5) is 10.1 Å². The molecule has 0 fully saturated rings. The number of aliphatic hydroxyl groups is 1. The van der Waals surface area contributed by atoms with Crippen LogP contribution >= 0.6 is 0 Å². The number of para-hydroxylation sites is 1. The van der Waals surface area contributed by atoms with Crippen LogP contribution in [0.5, 0.6) is 5.75 Å². The zero-order valence-electron chi connectivity index (χ0n) is 13.3. The van der Waals surface area contributed by atoms with E-state index in [2.05, 4.69) is 10.6 Å². The molecule has 6 nitrogen and oxygen atoms in total. The topological polar surface area (TPSA) is 87.7 Å². The van der Waals surface area contributed by atoms with Crippen LogP contribution < -0.4 is 15.4 Å². The van der Waals surface area contributed by atoms with Crippen molar-refractivity contribution in [2.45, 2.75) is 12.0 Å². The van der Waals surface area contributed by atoms with Gasteiger partial charge in [0.05, 0.1) is 13.2 Å². The maximum absolute atomic E-state index is 13.1. The Hall–Kier alpha value is -2.93. The van der Waals surface area contributed by atoms with Crippen LogP contribution in [0.1, 0.15) is 12.0 Å². The third-order valence-electron chi connectivity index (χ3n) is 3.99. The molecule has 0 spiro atoms. The first-order valence-electron chi connectivity index (χ1n) is 7.77. The lowest BCUT2D eigenvalue weighted by atomic mass is 9.88. The summed E-state index contributed by atoms with van der Waals surface area (Å²) in [5.41, 5.74) is -0.578. The van der Waals surface area contributed by atoms with Gasteiger partial charge >= 0.3 is 11.8 Å². The van der Waals surface area contributed by atoms with Crippen molar-refractivity contribution in [3.63, 3.8) is 0 Å². The van der Waals surface area contributed by atoms with E-state index in [1.807, 2.05) is 0 Å². The van der Waals surface area contributed by atoms with E-state index in [-0.39, 0.29) is 18.7 Å². The van der Waals surface area contributed by atoms with Crippen LogP contribution in [0.15, 0.2) is 48.5 Å². The van der Waals surface area contributed by atoms with Crippen molar-refractivity contribution in [2.75, 3.05) is 18.5 Å². The second-order valence-electron chi connectivity index (χ2n) is 5.77. The SMILES string of the molecule is O=C(NCC1(O)CCOc2ccccc21)C(=O)Nc1cccc(F)c1. The summed E-state index contributed by atoms with van der Waals surface area (Å²) in [5, 5.41) is 15.5. The van der Waals surface area contributed by atoms with Gasteiger partial charge < -0.3 is 20.5 Å². The third-order valence-corrected chi connectivity index (χ3v) is 3.99. The molecule has 3 rings (SSSR count). The highest BCUT2D eigenvalue weighted by molar-refractivity contribution is 6.39. The summed E-state index contributed by atoms with van der Waals surface area (Å²) in [6.45, 7) is 0.168. The van der Waals surface area contributed by atoms with Crippen LogP contribution in [0.2, 0.25) is 0 Å². The Bertz CT molecular complexity index is 811. The number of carbonyl (C=O) groups excluding carboxylic acids is 2. The summed E-state index contributed by atoms with van der Waals surface area (Å²) in [6.07, 6.45) is 0.288. The predicted octanol–water partition coefficient (Wildman–Crippen LogP) is 1.55. The molecule has 1 atom stereocenters. The molecule has 2 aromatic carbocycles. The predicted molar refractivity (Wildman–Crippen MR) is 88.5 cm³/mol. The molecule has 0 radical (unpaired) electrons. The number of anilines is 1. The summed E-state index contributed by atoms with van der Waals surface area (Å²) >= 11 is 0. The molecule has 3 N–H and O–H groups in total. The molecule has 1 aliphatic rings. The molecule has 1 unspecified atom stereocenters. The van der Waals surface area contributed by atoms with Crippen molar-refractivity contribution in [1.82, 2.24) is 5.32 Å². The number of rotatable bonds is 3. The number of hydrogen-bond donors (Lipinski definition) is 3. The van der Waals surface area contributed by atoms with Gasteiger partial charge in [0.2, 0.25) is 0 Å². The Morgan fingerprint density at radius 3 is 2.76 bits per heavy atom. The van der Waals surface area contributed by atoms with Gasteiger partial charge in [-0.1, -0.05) is 24.3 Å². The quantitative estimate of drug-likeness (QED) is 0.737. The number of fused-ring (bicyclic) bond motifs is 1. The van der Waals surface area contributed by atoms with E-state index in [4.69, 9.17) is 4.74 Å². The number of amides is 2. The molecule has 0 saturated heterocycles. The normalized spacial score (nSPS) is 18.6. The molecule has 0 aliphatic carbocycles. The lowest BCUT2D eigenvalue weighted by Gasteiger charge is -2.34. The summed E-state index contributed by atoms with van der Waals surface area (Å²) < 4.78 is 18.6. The van der Waals surface area contributed by atoms with Gasteiger partial charge in [-0.15, -0.1) is 0 Å². The minimum atomic E-state index is -1.32. The van der Waals surface area contributed by atoms with Crippen molar-refractivity contribution in [1.29, 1.82) is 0 Å². The Balaban J connectivity index is 1.63. The van der Waals surface area contributed by atoms with E-state index in [9.17, 15) is 19.1 Å². The number of benzene rings is 2. The van der Waals surface area contributed by atoms with E-state index in [1.165, 1.54) is 18.2 Å². The van der Waals surface area contributed by atoms with E-state index in [0.29, 0.717) is 17.9 Å². The molecule has 25 heavy (non-hydrogen) atoms. The average molecular weight is 344 g/mol. The Morgan fingerprint density at radius 2 is 1.96 bits per heavy atom. The average Bonchev–Trinajstić information content (AvgIpc) is 2.60. The smallest absolute Gasteiger partial charge is 0.313 e. The lowest BCUT2D eigenvalue weighted by Crippen LogP contribution is -2.46. The summed E-state index contributed by atoms with van der Waals surface area (Å²) in [4.78, 5) is 23.9. The molecule has 0 saturated carbocycles. The van der Waals surface area contributed by atoms with E-state index in [0.717, 1.165) is 6.07 Å². The molecule has 7 heteroatoms. The molecule has 2 aromatic rings. The van der Waals surface area contributed by atoms with Gasteiger partial charge in [0, 0.05) is 17.7 Å². The number of nitrogens with one attached hydrogen (secondary N) is 2. The van der Waals surface area contributed by atoms with Gasteiger partial charge in [-0.25, -0.2) is 4.39 Å². The van der Waals surface area contributed by atoms with Crippen molar-refractivity contribution in [3.05, 3.63) is 59.9 Å². The number of ether oxygens (including phenoxy) is 1. The molecular weight excluding hydrogens is 327 g/mol. The second kappa shape index (κ2) is 6.90. The van der Waals surface area contributed by atoms with Gasteiger partial charge in [0.1, 0.15) is 17.2 Å². The van der Waals surface area contributed by atoms with Crippen molar-refractivity contribution >= 4 is 17.5 Å². The fourth-order valence-corrected chi connectivity index (χ4v) is 2.69. The zero-order chi connectivity index (χ0) is 17.9. The first kappa shape index (κ1) is 16.9. The Morgan fingerprint density at radius 1 is 1.16 bits per heavy atom. The first-order chi connectivity index (χ1) is 12.0. The van der Waals surface area contributed by atoms with Crippen LogP contribution in [0, 0.1) is 5.82 Å². The van der Waals surface area contributed by atoms with E-state index in [1.54, 1.807) is 24.3 Å². The first-order valence-corrected chi connectivity index (χ1v) is 7.77. The number of halogens is 1. The van der Waals surface area contributed by atoms with Gasteiger partial charge in [-0.2, -0.15) is 0 Å². The maximum atomic E-state index is 13.1. The zero-order valence-corrected chi connectivity index (χ0v) is 13.3. The fourth-order valence-electron chi connectivity index (χ4n) is 2.69. The molecule has 0 bridgehead atoms. The highest BCUT2D eigenvalue weighted by Gasteiger charge is 2.36. The number of hydrogen-bond acceptors (Lipinski definition) is 4. The monoisotopic (exact) mass is 344 g/mol. The maximum Gasteiger partial charge on any atom is 0.313 e. The molecule has 0 aromatic heterocycles. The largest absolute Gasteiger partial charge is 0.493 e. The minimum Gasteiger partial charge on any atom is -0.493 e. The van der Waals surface area contributed by atoms with Gasteiger partial charge in [-0.05, 0) is 24.3 Å². The molecule has 1 heterocycles. The van der Waals surface area contributed by atoms with Crippen molar-refractivity contribution < 1.29 is 23.8 Å². The van der Waals surface area contributed by atoms with Crippen LogP contribution in [0.3, 0.4) is 0 Å². The minimum absolute atomic E-state index is 0.136. The van der Waals surface area contributed by atoms with Gasteiger partial charge in [0.15, 0.2) is 0 Å². The standard InChI is InChI=1S/C18H17FN2O4/c19-12-4-3-5-13(10-12)21-17(23)16(22)20-11-18(24)8-9-25-15-7-2-1-6-14(15)18/h1-7,10,24H,8-9,11H2,(H,20,22)(H,21,23). The summed E-state index contributed by atoms with van der Waals surface area (Å²) in [7, 11) is 0. The molecule has 2 amide bonds.